The van der Waals surface area contributed by atoms with Gasteiger partial charge < -0.3 is 11.1 Å². The molecule has 0 bridgehead atoms. The molecule has 2 rings (SSSR count). The highest BCUT2D eigenvalue weighted by Crippen LogP contribution is 2.27. The molecule has 0 aliphatic heterocycles. The molecular formula is C18H27ClN4O. The summed E-state index contributed by atoms with van der Waals surface area (Å²) in [5, 5.41) is 7.60. The number of halogens is 1. The van der Waals surface area contributed by atoms with Gasteiger partial charge in [0.15, 0.2) is 0 Å². The topological polar surface area (TPSA) is 72.9 Å². The number of nitrogens with two attached hydrogens (primary N) is 1. The lowest BCUT2D eigenvalue weighted by Crippen LogP contribution is -2.33. The normalized spacial score (nSPS) is 12.5. The molecule has 0 spiro atoms. The highest BCUT2D eigenvalue weighted by Gasteiger charge is 2.22. The third-order valence-electron chi connectivity index (χ3n) is 3.72. The summed E-state index contributed by atoms with van der Waals surface area (Å²) in [4.78, 5) is 12.0. The first kappa shape index (κ1) is 20.2. The fraction of sp³-hybridized carbons (Fsp3) is 0.444. The van der Waals surface area contributed by atoms with Crippen molar-refractivity contribution >= 4 is 24.1 Å². The first-order valence-electron chi connectivity index (χ1n) is 7.84. The van der Waals surface area contributed by atoms with Crippen molar-refractivity contribution in [2.45, 2.75) is 53.0 Å². The first-order chi connectivity index (χ1) is 10.6. The average molecular weight is 351 g/mol. The second-order valence-electron chi connectivity index (χ2n) is 7.14. The summed E-state index contributed by atoms with van der Waals surface area (Å²) in [6, 6.07) is 7.50. The molecule has 1 heterocycles. The van der Waals surface area contributed by atoms with E-state index < -0.39 is 6.04 Å². The van der Waals surface area contributed by atoms with E-state index in [0.717, 1.165) is 16.9 Å². The molecule has 2 aromatic rings. The Balaban J connectivity index is 0.00000288. The number of carbonyl (C=O) groups excluding carboxylic acids is 1. The lowest BCUT2D eigenvalue weighted by molar-refractivity contribution is -0.117. The van der Waals surface area contributed by atoms with E-state index in [9.17, 15) is 4.79 Å². The highest BCUT2D eigenvalue weighted by molar-refractivity contribution is 5.94. The van der Waals surface area contributed by atoms with Crippen LogP contribution >= 0.6 is 12.4 Å². The van der Waals surface area contributed by atoms with Crippen LogP contribution in [-0.2, 0) is 10.2 Å². The van der Waals surface area contributed by atoms with Crippen molar-refractivity contribution in [3.05, 3.63) is 41.1 Å². The number of hydrogen-bond acceptors (Lipinski definition) is 3. The Hall–Kier alpha value is -1.85. The molecule has 1 aromatic carbocycles. The van der Waals surface area contributed by atoms with Gasteiger partial charge in [0.2, 0.25) is 5.91 Å². The van der Waals surface area contributed by atoms with Crippen molar-refractivity contribution in [1.29, 1.82) is 0 Å². The van der Waals surface area contributed by atoms with Gasteiger partial charge in [0.1, 0.15) is 5.82 Å². The molecule has 3 N–H and O–H groups in total. The molecule has 0 aliphatic rings. The number of nitrogens with one attached hydrogen (secondary N) is 1. The molecule has 132 valence electrons. The Morgan fingerprint density at radius 1 is 1.25 bits per heavy atom. The third-order valence-corrected chi connectivity index (χ3v) is 3.72. The highest BCUT2D eigenvalue weighted by atomic mass is 35.5. The van der Waals surface area contributed by atoms with Crippen LogP contribution in [0.4, 0.5) is 5.82 Å². The molecule has 1 atom stereocenters. The van der Waals surface area contributed by atoms with Gasteiger partial charge in [-0.15, -0.1) is 12.4 Å². The van der Waals surface area contributed by atoms with E-state index in [1.54, 1.807) is 11.6 Å². The van der Waals surface area contributed by atoms with Crippen LogP contribution in [0.3, 0.4) is 0 Å². The Morgan fingerprint density at radius 2 is 1.88 bits per heavy atom. The Bertz CT molecular complexity index is 729. The molecule has 24 heavy (non-hydrogen) atoms. The van der Waals surface area contributed by atoms with Gasteiger partial charge in [0.25, 0.3) is 0 Å². The number of anilines is 1. The summed E-state index contributed by atoms with van der Waals surface area (Å²) >= 11 is 0. The van der Waals surface area contributed by atoms with Crippen LogP contribution in [0, 0.1) is 13.8 Å². The van der Waals surface area contributed by atoms with Gasteiger partial charge in [-0.25, -0.2) is 4.68 Å². The maximum Gasteiger partial charge on any atom is 0.242 e. The SMILES string of the molecule is Cc1ccc(-n2nc(C(C)(C)C)cc2NC(=O)[C@H](C)N)c(C)c1.Cl. The largest absolute Gasteiger partial charge is 0.320 e. The van der Waals surface area contributed by atoms with Gasteiger partial charge in [0.05, 0.1) is 17.4 Å². The standard InChI is InChI=1S/C18H26N4O.ClH/c1-11-7-8-14(12(2)9-11)22-16(20-17(23)13(3)19)10-15(21-22)18(4,5)6;/h7-10,13H,19H2,1-6H3,(H,20,23);1H/t13-;/m0./s1. The van der Waals surface area contributed by atoms with E-state index in [0.29, 0.717) is 5.82 Å². The zero-order chi connectivity index (χ0) is 17.4. The second-order valence-corrected chi connectivity index (χ2v) is 7.14. The minimum atomic E-state index is -0.574. The molecule has 0 aliphatic carbocycles. The zero-order valence-corrected chi connectivity index (χ0v) is 16.0. The van der Waals surface area contributed by atoms with Crippen LogP contribution in [-0.4, -0.2) is 21.7 Å². The molecule has 0 fully saturated rings. The molecule has 0 saturated carbocycles. The summed E-state index contributed by atoms with van der Waals surface area (Å²) in [5.41, 5.74) is 9.72. The molecule has 1 amide bonds. The summed E-state index contributed by atoms with van der Waals surface area (Å²) in [6.07, 6.45) is 0. The number of benzene rings is 1. The fourth-order valence-electron chi connectivity index (χ4n) is 2.30. The summed E-state index contributed by atoms with van der Waals surface area (Å²) < 4.78 is 1.79. The summed E-state index contributed by atoms with van der Waals surface area (Å²) in [6.45, 7) is 12.0. The smallest absolute Gasteiger partial charge is 0.242 e. The van der Waals surface area contributed by atoms with Crippen molar-refractivity contribution in [3.63, 3.8) is 0 Å². The third kappa shape index (κ3) is 4.36. The number of hydrogen-bond donors (Lipinski definition) is 2. The van der Waals surface area contributed by atoms with E-state index in [1.807, 2.05) is 25.1 Å². The van der Waals surface area contributed by atoms with Gasteiger partial charge in [0, 0.05) is 11.5 Å². The number of nitrogens with zero attached hydrogens (tertiary/aromatic N) is 2. The Kier molecular flexibility index (Phi) is 6.20. The zero-order valence-electron chi connectivity index (χ0n) is 15.2. The van der Waals surface area contributed by atoms with Gasteiger partial charge in [-0.3, -0.25) is 4.79 Å². The van der Waals surface area contributed by atoms with Crippen molar-refractivity contribution in [3.8, 4) is 5.69 Å². The Labute approximate surface area is 150 Å². The molecule has 1 aromatic heterocycles. The van der Waals surface area contributed by atoms with E-state index in [-0.39, 0.29) is 23.7 Å². The monoisotopic (exact) mass is 350 g/mol. The van der Waals surface area contributed by atoms with Crippen LogP contribution in [0.5, 0.6) is 0 Å². The second kappa shape index (κ2) is 7.36. The van der Waals surface area contributed by atoms with Gasteiger partial charge in [-0.2, -0.15) is 5.10 Å². The first-order valence-corrected chi connectivity index (χ1v) is 7.84. The van der Waals surface area contributed by atoms with Gasteiger partial charge >= 0.3 is 0 Å². The molecule has 0 unspecified atom stereocenters. The quantitative estimate of drug-likeness (QED) is 0.889. The molecular weight excluding hydrogens is 324 g/mol. The number of rotatable bonds is 3. The minimum Gasteiger partial charge on any atom is -0.320 e. The molecule has 0 radical (unpaired) electrons. The van der Waals surface area contributed by atoms with Crippen LogP contribution < -0.4 is 11.1 Å². The summed E-state index contributed by atoms with van der Waals surface area (Å²) in [5.74, 6) is 0.417. The predicted octanol–water partition coefficient (Wildman–Crippen LogP) is 3.49. The van der Waals surface area contributed by atoms with Crippen molar-refractivity contribution in [2.75, 3.05) is 5.32 Å². The van der Waals surface area contributed by atoms with E-state index in [1.165, 1.54) is 5.56 Å². The summed E-state index contributed by atoms with van der Waals surface area (Å²) in [7, 11) is 0. The average Bonchev–Trinajstić information content (AvgIpc) is 2.82. The number of aryl methyl sites for hydroxylation is 2. The van der Waals surface area contributed by atoms with Gasteiger partial charge in [-0.05, 0) is 32.4 Å². The van der Waals surface area contributed by atoms with Crippen molar-refractivity contribution < 1.29 is 4.79 Å². The maximum atomic E-state index is 12.0. The van der Waals surface area contributed by atoms with E-state index in [2.05, 4.69) is 39.1 Å². The lowest BCUT2D eigenvalue weighted by Gasteiger charge is -2.14. The van der Waals surface area contributed by atoms with Crippen LogP contribution in [0.15, 0.2) is 24.3 Å². The van der Waals surface area contributed by atoms with E-state index >= 15 is 0 Å². The minimum absolute atomic E-state index is 0. The predicted molar refractivity (Wildman–Crippen MR) is 101 cm³/mol. The number of carbonyl (C=O) groups is 1. The van der Waals surface area contributed by atoms with Crippen LogP contribution in [0.25, 0.3) is 5.69 Å². The van der Waals surface area contributed by atoms with Crippen LogP contribution in [0.2, 0.25) is 0 Å². The van der Waals surface area contributed by atoms with E-state index in [4.69, 9.17) is 10.8 Å². The molecule has 0 saturated heterocycles. The number of amides is 1. The van der Waals surface area contributed by atoms with Crippen molar-refractivity contribution in [1.82, 2.24) is 9.78 Å². The maximum absolute atomic E-state index is 12.0. The number of aromatic nitrogens is 2. The fourth-order valence-corrected chi connectivity index (χ4v) is 2.30. The molecule has 5 nitrogen and oxygen atoms in total. The Morgan fingerprint density at radius 3 is 2.38 bits per heavy atom. The molecule has 6 heteroatoms. The van der Waals surface area contributed by atoms with Crippen LogP contribution in [0.1, 0.15) is 44.5 Å². The van der Waals surface area contributed by atoms with Crippen molar-refractivity contribution in [2.24, 2.45) is 5.73 Å². The lowest BCUT2D eigenvalue weighted by atomic mass is 9.92. The van der Waals surface area contributed by atoms with Gasteiger partial charge in [-0.1, -0.05) is 38.5 Å².